The molecule has 2 aliphatic rings. The number of carbonyl (C=O) groups is 1. The molecule has 0 aromatic heterocycles. The van der Waals surface area contributed by atoms with Gasteiger partial charge in [-0.15, -0.1) is 6.42 Å². The first-order chi connectivity index (χ1) is 11.2. The second-order valence-electron chi connectivity index (χ2n) is 6.84. The summed E-state index contributed by atoms with van der Waals surface area (Å²) in [5.41, 5.74) is 2.94. The Kier molecular flexibility index (Phi) is 5.03. The lowest BCUT2D eigenvalue weighted by atomic mass is 9.95. The molecule has 0 N–H and O–H groups in total. The molecule has 23 heavy (non-hydrogen) atoms. The van der Waals surface area contributed by atoms with Gasteiger partial charge in [0.1, 0.15) is 0 Å². The molecule has 3 rings (SSSR count). The van der Waals surface area contributed by atoms with Crippen molar-refractivity contribution in [1.29, 1.82) is 0 Å². The zero-order chi connectivity index (χ0) is 16.2. The molecule has 1 amide bonds. The number of fused-ring (bicyclic) bond motifs is 1. The van der Waals surface area contributed by atoms with Crippen LogP contribution in [0, 0.1) is 18.3 Å². The summed E-state index contributed by atoms with van der Waals surface area (Å²) in [6.07, 6.45) is 10.2. The minimum absolute atomic E-state index is 0.202. The van der Waals surface area contributed by atoms with E-state index in [1.54, 1.807) is 6.92 Å². The van der Waals surface area contributed by atoms with Crippen molar-refractivity contribution >= 4 is 5.91 Å². The van der Waals surface area contributed by atoms with Gasteiger partial charge in [0.15, 0.2) is 0 Å². The maximum absolute atomic E-state index is 11.5. The van der Waals surface area contributed by atoms with Crippen LogP contribution in [0.1, 0.15) is 43.4 Å². The van der Waals surface area contributed by atoms with Gasteiger partial charge in [0.05, 0.1) is 6.54 Å². The maximum Gasteiger partial charge on any atom is 0.219 e. The van der Waals surface area contributed by atoms with Crippen LogP contribution in [-0.2, 0) is 11.2 Å². The lowest BCUT2D eigenvalue weighted by Gasteiger charge is -2.36. The molecule has 1 aliphatic heterocycles. The Bertz CT molecular complexity index is 596. The van der Waals surface area contributed by atoms with Gasteiger partial charge in [0.25, 0.3) is 0 Å². The fourth-order valence-electron chi connectivity index (χ4n) is 4.10. The largest absolute Gasteiger partial charge is 0.343 e. The van der Waals surface area contributed by atoms with Crippen molar-refractivity contribution in [2.45, 2.75) is 38.6 Å². The number of hydrogen-bond acceptors (Lipinski definition) is 2. The highest BCUT2D eigenvalue weighted by molar-refractivity contribution is 5.73. The topological polar surface area (TPSA) is 23.6 Å². The van der Waals surface area contributed by atoms with Gasteiger partial charge >= 0.3 is 0 Å². The summed E-state index contributed by atoms with van der Waals surface area (Å²) < 4.78 is 0. The quantitative estimate of drug-likeness (QED) is 0.798. The molecular weight excluding hydrogens is 284 g/mol. The van der Waals surface area contributed by atoms with E-state index in [1.807, 2.05) is 4.90 Å². The molecular formula is C20H26N2O. The summed E-state index contributed by atoms with van der Waals surface area (Å²) in [5.74, 6) is 3.70. The minimum Gasteiger partial charge on any atom is -0.343 e. The third-order valence-corrected chi connectivity index (χ3v) is 5.39. The zero-order valence-electron chi connectivity index (χ0n) is 14.0. The van der Waals surface area contributed by atoms with E-state index in [2.05, 4.69) is 35.1 Å². The Balaban J connectivity index is 1.65. The van der Waals surface area contributed by atoms with E-state index in [-0.39, 0.29) is 5.91 Å². The van der Waals surface area contributed by atoms with Crippen molar-refractivity contribution in [3.63, 3.8) is 0 Å². The molecule has 0 radical (unpaired) electrons. The van der Waals surface area contributed by atoms with E-state index in [0.717, 1.165) is 38.9 Å². The molecule has 3 heteroatoms. The van der Waals surface area contributed by atoms with Crippen LogP contribution >= 0.6 is 0 Å². The van der Waals surface area contributed by atoms with E-state index >= 15 is 0 Å². The Morgan fingerprint density at radius 2 is 2.04 bits per heavy atom. The van der Waals surface area contributed by atoms with Crippen molar-refractivity contribution in [3.8, 4) is 12.3 Å². The van der Waals surface area contributed by atoms with E-state index in [0.29, 0.717) is 18.5 Å². The molecule has 1 atom stereocenters. The third-order valence-electron chi connectivity index (χ3n) is 5.39. The van der Waals surface area contributed by atoms with Crippen LogP contribution in [0.5, 0.6) is 0 Å². The smallest absolute Gasteiger partial charge is 0.219 e. The van der Waals surface area contributed by atoms with E-state index in [9.17, 15) is 4.79 Å². The second kappa shape index (κ2) is 7.19. The standard InChI is InChI=1S/C20H26N2O/c1-3-12-22(15-17-10-13-21(14-11-17)16(2)23)20-9-8-18-6-4-5-7-19(18)20/h1,4-7,17,20H,8-15H2,2H3/t20-/m0/s1. The van der Waals surface area contributed by atoms with Crippen LogP contribution in [0.3, 0.4) is 0 Å². The SMILES string of the molecule is C#CCN(CC1CCN(C(C)=O)CC1)[C@H]1CCc2ccccc21. The zero-order valence-corrected chi connectivity index (χ0v) is 14.0. The number of likely N-dealkylation sites (tertiary alicyclic amines) is 1. The fraction of sp³-hybridized carbons (Fsp3) is 0.550. The molecule has 122 valence electrons. The van der Waals surface area contributed by atoms with Crippen molar-refractivity contribution in [3.05, 3.63) is 35.4 Å². The van der Waals surface area contributed by atoms with E-state index in [4.69, 9.17) is 6.42 Å². The molecule has 0 unspecified atom stereocenters. The average molecular weight is 310 g/mol. The van der Waals surface area contributed by atoms with E-state index in [1.165, 1.54) is 17.5 Å². The first-order valence-corrected chi connectivity index (χ1v) is 8.70. The molecule has 0 bridgehead atoms. The number of rotatable bonds is 4. The first kappa shape index (κ1) is 16.1. The second-order valence-corrected chi connectivity index (χ2v) is 6.84. The molecule has 1 heterocycles. The van der Waals surface area contributed by atoms with Crippen LogP contribution in [0.15, 0.2) is 24.3 Å². The van der Waals surface area contributed by atoms with Crippen LogP contribution < -0.4 is 0 Å². The number of aryl methyl sites for hydroxylation is 1. The molecule has 1 fully saturated rings. The predicted octanol–water partition coefficient (Wildman–Crippen LogP) is 2.87. The monoisotopic (exact) mass is 310 g/mol. The lowest BCUT2D eigenvalue weighted by Crippen LogP contribution is -2.41. The van der Waals surface area contributed by atoms with Crippen LogP contribution in [0.25, 0.3) is 0 Å². The minimum atomic E-state index is 0.202. The van der Waals surface area contributed by atoms with Gasteiger partial charge in [-0.1, -0.05) is 30.2 Å². The Hall–Kier alpha value is -1.79. The normalized spacial score (nSPS) is 21.3. The Morgan fingerprint density at radius 1 is 1.30 bits per heavy atom. The molecule has 0 saturated carbocycles. The Labute approximate surface area is 139 Å². The van der Waals surface area contributed by atoms with Gasteiger partial charge in [-0.25, -0.2) is 0 Å². The number of hydrogen-bond donors (Lipinski definition) is 0. The van der Waals surface area contributed by atoms with Crippen LogP contribution in [0.4, 0.5) is 0 Å². The number of carbonyl (C=O) groups excluding carboxylic acids is 1. The number of benzene rings is 1. The summed E-state index contributed by atoms with van der Waals surface area (Å²) in [5, 5.41) is 0. The van der Waals surface area contributed by atoms with E-state index < -0.39 is 0 Å². The highest BCUT2D eigenvalue weighted by Gasteiger charge is 2.30. The average Bonchev–Trinajstić information content (AvgIpc) is 2.99. The highest BCUT2D eigenvalue weighted by atomic mass is 16.2. The van der Waals surface area contributed by atoms with Gasteiger partial charge in [-0.3, -0.25) is 9.69 Å². The lowest BCUT2D eigenvalue weighted by molar-refractivity contribution is -0.130. The first-order valence-electron chi connectivity index (χ1n) is 8.70. The number of nitrogens with zero attached hydrogens (tertiary/aromatic N) is 2. The van der Waals surface area contributed by atoms with Gasteiger partial charge in [-0.2, -0.15) is 0 Å². The molecule has 0 spiro atoms. The van der Waals surface area contributed by atoms with Gasteiger partial charge in [-0.05, 0) is 42.7 Å². The van der Waals surface area contributed by atoms with Crippen molar-refractivity contribution in [2.24, 2.45) is 5.92 Å². The maximum atomic E-state index is 11.5. The van der Waals surface area contributed by atoms with Crippen molar-refractivity contribution in [2.75, 3.05) is 26.2 Å². The van der Waals surface area contributed by atoms with Gasteiger partial charge < -0.3 is 4.90 Å². The summed E-state index contributed by atoms with van der Waals surface area (Å²) in [4.78, 5) is 15.9. The molecule has 3 nitrogen and oxygen atoms in total. The van der Waals surface area contributed by atoms with Crippen LogP contribution in [-0.4, -0.2) is 41.9 Å². The third kappa shape index (κ3) is 3.59. The molecule has 1 aliphatic carbocycles. The summed E-state index contributed by atoms with van der Waals surface area (Å²) in [7, 11) is 0. The van der Waals surface area contributed by atoms with Crippen LogP contribution in [0.2, 0.25) is 0 Å². The summed E-state index contributed by atoms with van der Waals surface area (Å²) in [6.45, 7) is 5.22. The molecule has 1 aromatic carbocycles. The van der Waals surface area contributed by atoms with Crippen molar-refractivity contribution < 1.29 is 4.79 Å². The number of amides is 1. The highest BCUT2D eigenvalue weighted by Crippen LogP contribution is 2.36. The summed E-state index contributed by atoms with van der Waals surface area (Å²) in [6, 6.07) is 9.23. The van der Waals surface area contributed by atoms with Gasteiger partial charge in [0, 0.05) is 32.6 Å². The number of piperidine rings is 1. The molecule has 1 saturated heterocycles. The molecule has 1 aromatic rings. The fourth-order valence-corrected chi connectivity index (χ4v) is 4.10. The summed E-state index contributed by atoms with van der Waals surface area (Å²) >= 11 is 0. The number of terminal acetylenes is 1. The Morgan fingerprint density at radius 3 is 2.74 bits per heavy atom. The van der Waals surface area contributed by atoms with Gasteiger partial charge in [0.2, 0.25) is 5.91 Å². The van der Waals surface area contributed by atoms with Crippen molar-refractivity contribution in [1.82, 2.24) is 9.80 Å². The predicted molar refractivity (Wildman–Crippen MR) is 92.9 cm³/mol.